The number of carbonyl (C=O) groups is 1. The van der Waals surface area contributed by atoms with E-state index in [9.17, 15) is 4.79 Å². The molecule has 3 nitrogen and oxygen atoms in total. The summed E-state index contributed by atoms with van der Waals surface area (Å²) >= 11 is 0. The minimum absolute atomic E-state index is 0.0608. The number of nitrogens with two attached hydrogens (primary N) is 1. The van der Waals surface area contributed by atoms with E-state index in [0.29, 0.717) is 6.42 Å². The molecule has 0 spiro atoms. The lowest BCUT2D eigenvalue weighted by Crippen LogP contribution is -2.16. The van der Waals surface area contributed by atoms with Gasteiger partial charge in [-0.1, -0.05) is 60.7 Å². The summed E-state index contributed by atoms with van der Waals surface area (Å²) < 4.78 is 5.82. The first-order valence-electron chi connectivity index (χ1n) is 8.36. The fourth-order valence-corrected chi connectivity index (χ4v) is 2.88. The number of rotatable bonds is 7. The average Bonchev–Trinajstić information content (AvgIpc) is 2.63. The Kier molecular flexibility index (Phi) is 5.47. The lowest BCUT2D eigenvalue weighted by atomic mass is 9.89. The monoisotopic (exact) mass is 331 g/mol. The molecule has 3 rings (SSSR count). The maximum atomic E-state index is 11.5. The van der Waals surface area contributed by atoms with Crippen molar-refractivity contribution in [1.29, 1.82) is 0 Å². The summed E-state index contributed by atoms with van der Waals surface area (Å²) in [7, 11) is 0. The van der Waals surface area contributed by atoms with Crippen LogP contribution in [0.2, 0.25) is 0 Å². The number of carbonyl (C=O) groups excluding carboxylic acids is 1. The molecule has 0 aliphatic rings. The van der Waals surface area contributed by atoms with Crippen LogP contribution < -0.4 is 10.5 Å². The highest BCUT2D eigenvalue weighted by Gasteiger charge is 2.15. The summed E-state index contributed by atoms with van der Waals surface area (Å²) in [5, 5.41) is 0. The first-order valence-corrected chi connectivity index (χ1v) is 8.36. The Bertz CT molecular complexity index is 798. The number of benzene rings is 3. The molecule has 3 aromatic carbocycles. The summed E-state index contributed by atoms with van der Waals surface area (Å²) in [6.45, 7) is 0. The van der Waals surface area contributed by atoms with Crippen molar-refractivity contribution in [2.24, 2.45) is 5.73 Å². The molecule has 0 heterocycles. The van der Waals surface area contributed by atoms with Crippen molar-refractivity contribution < 1.29 is 9.53 Å². The van der Waals surface area contributed by atoms with E-state index in [0.717, 1.165) is 23.5 Å². The zero-order chi connectivity index (χ0) is 17.5. The second-order valence-corrected chi connectivity index (χ2v) is 6.04. The molecule has 0 aliphatic carbocycles. The second kappa shape index (κ2) is 8.15. The molecule has 0 aromatic heterocycles. The van der Waals surface area contributed by atoms with E-state index in [2.05, 4.69) is 12.1 Å². The van der Waals surface area contributed by atoms with Gasteiger partial charge in [-0.15, -0.1) is 0 Å². The van der Waals surface area contributed by atoms with Gasteiger partial charge in [-0.25, -0.2) is 0 Å². The number of hydrogen-bond donors (Lipinski definition) is 1. The van der Waals surface area contributed by atoms with Crippen molar-refractivity contribution in [3.05, 3.63) is 96.1 Å². The van der Waals surface area contributed by atoms with E-state index in [4.69, 9.17) is 10.5 Å². The summed E-state index contributed by atoms with van der Waals surface area (Å²) in [6.07, 6.45) is 1.11. The zero-order valence-corrected chi connectivity index (χ0v) is 14.0. The SMILES string of the molecule is NC(=O)C[C@H](Cc1ccccc1)c1ccc(Oc2ccccc2)cc1. The number of primary amides is 1. The van der Waals surface area contributed by atoms with Gasteiger partial charge in [0.2, 0.25) is 5.91 Å². The molecule has 0 radical (unpaired) electrons. The van der Waals surface area contributed by atoms with Crippen LogP contribution in [0.4, 0.5) is 0 Å². The van der Waals surface area contributed by atoms with E-state index in [1.807, 2.05) is 72.8 Å². The van der Waals surface area contributed by atoms with Crippen LogP contribution >= 0.6 is 0 Å². The van der Waals surface area contributed by atoms with Gasteiger partial charge in [-0.3, -0.25) is 4.79 Å². The number of ether oxygens (including phenoxy) is 1. The van der Waals surface area contributed by atoms with Gasteiger partial charge in [0.1, 0.15) is 11.5 Å². The van der Waals surface area contributed by atoms with Gasteiger partial charge >= 0.3 is 0 Å². The lowest BCUT2D eigenvalue weighted by Gasteiger charge is -2.16. The quantitative estimate of drug-likeness (QED) is 0.683. The Labute approximate surface area is 148 Å². The predicted molar refractivity (Wildman–Crippen MR) is 99.7 cm³/mol. The molecule has 0 aliphatic heterocycles. The van der Waals surface area contributed by atoms with Gasteiger partial charge in [-0.05, 0) is 47.7 Å². The Balaban J connectivity index is 1.75. The molecule has 0 saturated carbocycles. The average molecular weight is 331 g/mol. The maximum absolute atomic E-state index is 11.5. The molecule has 0 fully saturated rings. The summed E-state index contributed by atoms with van der Waals surface area (Å²) in [4.78, 5) is 11.5. The van der Waals surface area contributed by atoms with Gasteiger partial charge in [0, 0.05) is 6.42 Å². The normalized spacial score (nSPS) is 11.7. The first-order chi connectivity index (χ1) is 12.2. The molecule has 3 aromatic rings. The molecule has 0 unspecified atom stereocenters. The Morgan fingerprint density at radius 3 is 1.96 bits per heavy atom. The van der Waals surface area contributed by atoms with Crippen LogP contribution in [0.15, 0.2) is 84.9 Å². The first kappa shape index (κ1) is 16.8. The molecular weight excluding hydrogens is 310 g/mol. The van der Waals surface area contributed by atoms with Crippen molar-refractivity contribution in [3.8, 4) is 11.5 Å². The topological polar surface area (TPSA) is 52.3 Å². The van der Waals surface area contributed by atoms with Crippen LogP contribution in [0, 0.1) is 0 Å². The van der Waals surface area contributed by atoms with Crippen molar-refractivity contribution in [3.63, 3.8) is 0 Å². The summed E-state index contributed by atoms with van der Waals surface area (Å²) in [6, 6.07) is 27.7. The highest BCUT2D eigenvalue weighted by atomic mass is 16.5. The van der Waals surface area contributed by atoms with Gasteiger partial charge in [0.05, 0.1) is 0 Å². The minimum atomic E-state index is -0.287. The van der Waals surface area contributed by atoms with Crippen LogP contribution in [-0.2, 0) is 11.2 Å². The van der Waals surface area contributed by atoms with Gasteiger partial charge in [0.25, 0.3) is 0 Å². The number of para-hydroxylation sites is 1. The Hall–Kier alpha value is -3.07. The van der Waals surface area contributed by atoms with Crippen molar-refractivity contribution >= 4 is 5.91 Å². The Morgan fingerprint density at radius 1 is 0.800 bits per heavy atom. The summed E-state index contributed by atoms with van der Waals surface area (Å²) in [5.41, 5.74) is 7.73. The van der Waals surface area contributed by atoms with E-state index in [1.54, 1.807) is 0 Å². The number of amides is 1. The molecule has 126 valence electrons. The van der Waals surface area contributed by atoms with Crippen molar-refractivity contribution in [2.45, 2.75) is 18.8 Å². The third-order valence-corrected chi connectivity index (χ3v) is 4.10. The van der Waals surface area contributed by atoms with E-state index in [1.165, 1.54) is 5.56 Å². The Morgan fingerprint density at radius 2 is 1.36 bits per heavy atom. The second-order valence-electron chi connectivity index (χ2n) is 6.04. The molecule has 1 atom stereocenters. The molecule has 3 heteroatoms. The maximum Gasteiger partial charge on any atom is 0.218 e. The fourth-order valence-electron chi connectivity index (χ4n) is 2.88. The van der Waals surface area contributed by atoms with E-state index < -0.39 is 0 Å². The molecule has 2 N–H and O–H groups in total. The third kappa shape index (κ3) is 4.95. The molecule has 0 bridgehead atoms. The third-order valence-electron chi connectivity index (χ3n) is 4.10. The van der Waals surface area contributed by atoms with Gasteiger partial charge in [0.15, 0.2) is 0 Å². The largest absolute Gasteiger partial charge is 0.457 e. The molecule has 1 amide bonds. The fraction of sp³-hybridized carbons (Fsp3) is 0.136. The van der Waals surface area contributed by atoms with Crippen LogP contribution in [-0.4, -0.2) is 5.91 Å². The predicted octanol–water partition coefficient (Wildman–Crippen LogP) is 4.68. The highest BCUT2D eigenvalue weighted by molar-refractivity contribution is 5.74. The highest BCUT2D eigenvalue weighted by Crippen LogP contribution is 2.28. The molecule has 0 saturated heterocycles. The number of hydrogen-bond acceptors (Lipinski definition) is 2. The van der Waals surface area contributed by atoms with Crippen LogP contribution in [0.1, 0.15) is 23.5 Å². The van der Waals surface area contributed by atoms with Crippen molar-refractivity contribution in [2.75, 3.05) is 0 Å². The van der Waals surface area contributed by atoms with Crippen molar-refractivity contribution in [1.82, 2.24) is 0 Å². The van der Waals surface area contributed by atoms with E-state index in [-0.39, 0.29) is 11.8 Å². The van der Waals surface area contributed by atoms with Crippen LogP contribution in [0.25, 0.3) is 0 Å². The molecular formula is C22H21NO2. The molecule has 25 heavy (non-hydrogen) atoms. The lowest BCUT2D eigenvalue weighted by molar-refractivity contribution is -0.118. The minimum Gasteiger partial charge on any atom is -0.457 e. The zero-order valence-electron chi connectivity index (χ0n) is 14.0. The van der Waals surface area contributed by atoms with Gasteiger partial charge < -0.3 is 10.5 Å². The van der Waals surface area contributed by atoms with Crippen LogP contribution in [0.5, 0.6) is 11.5 Å². The smallest absolute Gasteiger partial charge is 0.218 e. The van der Waals surface area contributed by atoms with E-state index >= 15 is 0 Å². The van der Waals surface area contributed by atoms with Crippen LogP contribution in [0.3, 0.4) is 0 Å². The summed E-state index contributed by atoms with van der Waals surface area (Å²) in [5.74, 6) is 1.34. The standard InChI is InChI=1S/C22H21NO2/c23-22(24)16-19(15-17-7-3-1-4-8-17)18-11-13-21(14-12-18)25-20-9-5-2-6-10-20/h1-14,19H,15-16H2,(H2,23,24)/t19-/m0/s1. The van der Waals surface area contributed by atoms with Gasteiger partial charge in [-0.2, -0.15) is 0 Å².